The summed E-state index contributed by atoms with van der Waals surface area (Å²) in [5.74, 6) is 0.0867. The first-order chi connectivity index (χ1) is 9.65. The molecule has 0 aliphatic carbocycles. The van der Waals surface area contributed by atoms with Crippen molar-refractivity contribution >= 4 is 23.4 Å². The van der Waals surface area contributed by atoms with Crippen LogP contribution in [0.2, 0.25) is 5.02 Å². The minimum Gasteiger partial charge on any atom is -0.484 e. The molecule has 1 aromatic rings. The van der Waals surface area contributed by atoms with Crippen LogP contribution in [0.25, 0.3) is 0 Å². The molecule has 5 nitrogen and oxygen atoms in total. The van der Waals surface area contributed by atoms with E-state index >= 15 is 0 Å². The molecule has 2 amide bonds. The molecule has 1 aliphatic heterocycles. The third-order valence-electron chi connectivity index (χ3n) is 3.04. The van der Waals surface area contributed by atoms with Gasteiger partial charge in [-0.05, 0) is 37.5 Å². The van der Waals surface area contributed by atoms with Crippen molar-refractivity contribution in [3.8, 4) is 5.75 Å². The molecule has 0 saturated carbocycles. The minimum absolute atomic E-state index is 0.126. The first-order valence-electron chi connectivity index (χ1n) is 6.60. The van der Waals surface area contributed by atoms with Crippen LogP contribution in [0.5, 0.6) is 5.75 Å². The molecule has 0 aromatic heterocycles. The summed E-state index contributed by atoms with van der Waals surface area (Å²) >= 11 is 5.82. The van der Waals surface area contributed by atoms with Crippen molar-refractivity contribution in [2.75, 3.05) is 13.2 Å². The van der Waals surface area contributed by atoms with Crippen LogP contribution < -0.4 is 15.4 Å². The summed E-state index contributed by atoms with van der Waals surface area (Å²) in [6.07, 6.45) is 2.52. The van der Waals surface area contributed by atoms with E-state index in [9.17, 15) is 9.59 Å². The topological polar surface area (TPSA) is 67.4 Å². The number of hydrogen-bond donors (Lipinski definition) is 2. The van der Waals surface area contributed by atoms with Gasteiger partial charge in [-0.1, -0.05) is 17.7 Å². The highest BCUT2D eigenvalue weighted by Gasteiger charge is 2.22. The third kappa shape index (κ3) is 4.42. The van der Waals surface area contributed by atoms with Crippen LogP contribution in [-0.4, -0.2) is 31.0 Å². The van der Waals surface area contributed by atoms with Crippen LogP contribution >= 0.6 is 11.6 Å². The Balaban J connectivity index is 1.81. The maximum Gasteiger partial charge on any atom is 0.258 e. The Kier molecular flexibility index (Phi) is 5.24. The molecule has 1 fully saturated rings. The van der Waals surface area contributed by atoms with Crippen molar-refractivity contribution in [1.29, 1.82) is 0 Å². The maximum atomic E-state index is 11.8. The van der Waals surface area contributed by atoms with Gasteiger partial charge in [0.05, 0.1) is 0 Å². The number of amides is 2. The lowest BCUT2D eigenvalue weighted by molar-refractivity contribution is -0.129. The van der Waals surface area contributed by atoms with Crippen molar-refractivity contribution < 1.29 is 14.3 Å². The predicted octanol–water partition coefficient (Wildman–Crippen LogP) is 1.50. The van der Waals surface area contributed by atoms with Crippen molar-refractivity contribution in [1.82, 2.24) is 10.6 Å². The number of rotatable bonds is 4. The van der Waals surface area contributed by atoms with Gasteiger partial charge in [0.25, 0.3) is 5.91 Å². The molecule has 1 aromatic carbocycles. The highest BCUT2D eigenvalue weighted by Crippen LogP contribution is 2.16. The molecule has 1 aliphatic rings. The normalized spacial score (nSPS) is 18.9. The highest BCUT2D eigenvalue weighted by molar-refractivity contribution is 6.30. The van der Waals surface area contributed by atoms with Crippen molar-refractivity contribution in [3.63, 3.8) is 0 Å². The smallest absolute Gasteiger partial charge is 0.258 e. The van der Waals surface area contributed by atoms with E-state index in [1.165, 1.54) is 0 Å². The molecule has 20 heavy (non-hydrogen) atoms. The highest BCUT2D eigenvalue weighted by atomic mass is 35.5. The Bertz CT molecular complexity index is 493. The Morgan fingerprint density at radius 2 is 2.30 bits per heavy atom. The Labute approximate surface area is 122 Å². The summed E-state index contributed by atoms with van der Waals surface area (Å²) in [4.78, 5) is 23.5. The average Bonchev–Trinajstić information content (AvgIpc) is 2.62. The summed E-state index contributed by atoms with van der Waals surface area (Å²) in [6.45, 7) is 0.536. The lowest BCUT2D eigenvalue weighted by atomic mass is 10.1. The van der Waals surface area contributed by atoms with E-state index in [1.54, 1.807) is 24.3 Å². The van der Waals surface area contributed by atoms with E-state index in [-0.39, 0.29) is 18.4 Å². The lowest BCUT2D eigenvalue weighted by Crippen LogP contribution is -2.46. The zero-order chi connectivity index (χ0) is 14.4. The summed E-state index contributed by atoms with van der Waals surface area (Å²) in [5.41, 5.74) is 0. The van der Waals surface area contributed by atoms with Crippen molar-refractivity contribution in [2.45, 2.75) is 25.3 Å². The lowest BCUT2D eigenvalue weighted by Gasteiger charge is -2.15. The van der Waals surface area contributed by atoms with E-state index in [2.05, 4.69) is 10.6 Å². The largest absolute Gasteiger partial charge is 0.484 e. The van der Waals surface area contributed by atoms with E-state index in [4.69, 9.17) is 16.3 Å². The van der Waals surface area contributed by atoms with Gasteiger partial charge in [0.1, 0.15) is 11.8 Å². The van der Waals surface area contributed by atoms with E-state index in [0.717, 1.165) is 12.8 Å². The number of benzene rings is 1. The third-order valence-corrected chi connectivity index (χ3v) is 3.27. The quantitative estimate of drug-likeness (QED) is 0.885. The zero-order valence-electron chi connectivity index (χ0n) is 11.0. The van der Waals surface area contributed by atoms with Gasteiger partial charge in [-0.2, -0.15) is 0 Å². The van der Waals surface area contributed by atoms with Crippen LogP contribution in [0, 0.1) is 0 Å². The van der Waals surface area contributed by atoms with E-state index < -0.39 is 6.04 Å². The van der Waals surface area contributed by atoms with E-state index in [1.807, 2.05) is 0 Å². The van der Waals surface area contributed by atoms with Gasteiger partial charge in [0, 0.05) is 11.6 Å². The molecule has 0 radical (unpaired) electrons. The first kappa shape index (κ1) is 14.7. The Morgan fingerprint density at radius 1 is 1.45 bits per heavy atom. The summed E-state index contributed by atoms with van der Waals surface area (Å²) in [5, 5.41) is 6.00. The molecular weight excluding hydrogens is 280 g/mol. The van der Waals surface area contributed by atoms with Crippen LogP contribution in [0.3, 0.4) is 0 Å². The molecule has 1 saturated heterocycles. The summed E-state index contributed by atoms with van der Waals surface area (Å²) in [7, 11) is 0. The molecule has 108 valence electrons. The first-order valence-corrected chi connectivity index (χ1v) is 6.98. The molecule has 0 spiro atoms. The van der Waals surface area contributed by atoms with Crippen molar-refractivity contribution in [3.05, 3.63) is 29.3 Å². The molecule has 0 bridgehead atoms. The van der Waals surface area contributed by atoms with Gasteiger partial charge in [0.2, 0.25) is 5.91 Å². The molecule has 1 atom stereocenters. The summed E-state index contributed by atoms with van der Waals surface area (Å²) < 4.78 is 5.33. The van der Waals surface area contributed by atoms with Crippen LogP contribution in [0.15, 0.2) is 24.3 Å². The molecule has 0 unspecified atom stereocenters. The molecule has 2 rings (SSSR count). The molecule has 6 heteroatoms. The Hall–Kier alpha value is -1.75. The SMILES string of the molecule is O=C(COc1cccc(Cl)c1)N[C@H]1CCCCNC1=O. The molecular formula is C14H17ClN2O3. The predicted molar refractivity (Wildman–Crippen MR) is 75.7 cm³/mol. The second-order valence-corrected chi connectivity index (χ2v) is 5.09. The molecule has 1 heterocycles. The second kappa shape index (κ2) is 7.14. The fourth-order valence-corrected chi connectivity index (χ4v) is 2.20. The van der Waals surface area contributed by atoms with Crippen molar-refractivity contribution in [2.24, 2.45) is 0 Å². The van der Waals surface area contributed by atoms with Crippen LogP contribution in [0.4, 0.5) is 0 Å². The van der Waals surface area contributed by atoms with E-state index in [0.29, 0.717) is 23.7 Å². The summed E-state index contributed by atoms with van der Waals surface area (Å²) in [6, 6.07) is 6.36. The van der Waals surface area contributed by atoms with Gasteiger partial charge in [-0.15, -0.1) is 0 Å². The molecule has 2 N–H and O–H groups in total. The van der Waals surface area contributed by atoms with Crippen LogP contribution in [-0.2, 0) is 9.59 Å². The van der Waals surface area contributed by atoms with Gasteiger partial charge in [-0.3, -0.25) is 9.59 Å². The monoisotopic (exact) mass is 296 g/mol. The van der Waals surface area contributed by atoms with Crippen LogP contribution in [0.1, 0.15) is 19.3 Å². The minimum atomic E-state index is -0.465. The number of halogens is 1. The Morgan fingerprint density at radius 3 is 3.10 bits per heavy atom. The van der Waals surface area contributed by atoms with Gasteiger partial charge < -0.3 is 15.4 Å². The number of carbonyl (C=O) groups is 2. The standard InChI is InChI=1S/C14H17ClN2O3/c15-10-4-3-5-11(8-10)20-9-13(18)17-12-6-1-2-7-16-14(12)19/h3-5,8,12H,1-2,6-7,9H2,(H,16,19)(H,17,18)/t12-/m0/s1. The van der Waals surface area contributed by atoms with Gasteiger partial charge in [0.15, 0.2) is 6.61 Å². The fourth-order valence-electron chi connectivity index (χ4n) is 2.02. The fraction of sp³-hybridized carbons (Fsp3) is 0.429. The number of hydrogen-bond acceptors (Lipinski definition) is 3. The zero-order valence-corrected chi connectivity index (χ0v) is 11.8. The van der Waals surface area contributed by atoms with Gasteiger partial charge in [-0.25, -0.2) is 0 Å². The number of carbonyl (C=O) groups excluding carboxylic acids is 2. The van der Waals surface area contributed by atoms with Gasteiger partial charge >= 0.3 is 0 Å². The maximum absolute atomic E-state index is 11.8. The number of nitrogens with one attached hydrogen (secondary N) is 2. The average molecular weight is 297 g/mol. The number of ether oxygens (including phenoxy) is 1. The second-order valence-electron chi connectivity index (χ2n) is 4.65.